The topological polar surface area (TPSA) is 64.4 Å². The van der Waals surface area contributed by atoms with Crippen LogP contribution in [-0.2, 0) is 11.2 Å². The second kappa shape index (κ2) is 11.2. The zero-order valence-electron chi connectivity index (χ0n) is 21.3. The number of aryl methyl sites for hydroxylation is 2. The molecule has 0 spiro atoms. The first-order chi connectivity index (χ1) is 16.8. The summed E-state index contributed by atoms with van der Waals surface area (Å²) >= 11 is 2.96. The second-order valence-electron chi connectivity index (χ2n) is 9.26. The van der Waals surface area contributed by atoms with E-state index >= 15 is 0 Å². The van der Waals surface area contributed by atoms with E-state index in [2.05, 4.69) is 20.8 Å². The Balaban J connectivity index is 1.74. The Labute approximate surface area is 215 Å². The molecule has 0 unspecified atom stereocenters. The molecule has 0 radical (unpaired) electrons. The molecule has 0 saturated carbocycles. The summed E-state index contributed by atoms with van der Waals surface area (Å²) in [5.74, 6) is 1.12. The van der Waals surface area contributed by atoms with Crippen LogP contribution in [0, 0.1) is 6.92 Å². The van der Waals surface area contributed by atoms with Crippen LogP contribution in [0.2, 0.25) is 0 Å². The van der Waals surface area contributed by atoms with E-state index in [1.54, 1.807) is 15.9 Å². The molecule has 1 fully saturated rings. The van der Waals surface area contributed by atoms with Gasteiger partial charge in [-0.25, -0.2) is 4.98 Å². The van der Waals surface area contributed by atoms with Crippen molar-refractivity contribution in [2.45, 2.75) is 84.0 Å². The van der Waals surface area contributed by atoms with Gasteiger partial charge in [0, 0.05) is 17.0 Å². The molecule has 2 atom stereocenters. The summed E-state index contributed by atoms with van der Waals surface area (Å²) in [5.41, 5.74) is 1.67. The minimum absolute atomic E-state index is 0.0788. The lowest BCUT2D eigenvalue weighted by atomic mass is 9.98. The first-order valence-electron chi connectivity index (χ1n) is 12.6. The van der Waals surface area contributed by atoms with E-state index in [1.165, 1.54) is 16.6 Å². The number of piperidine rings is 1. The van der Waals surface area contributed by atoms with Gasteiger partial charge < -0.3 is 9.64 Å². The van der Waals surface area contributed by atoms with Crippen LogP contribution in [0.15, 0.2) is 34.2 Å². The van der Waals surface area contributed by atoms with Gasteiger partial charge in [0.05, 0.1) is 23.4 Å². The molecule has 1 aliphatic rings. The number of benzene rings is 1. The molecule has 1 aromatic carbocycles. The molecule has 1 saturated heterocycles. The molecule has 3 heterocycles. The van der Waals surface area contributed by atoms with E-state index < -0.39 is 0 Å². The molecule has 8 heteroatoms. The average molecular weight is 514 g/mol. The average Bonchev–Trinajstić information content (AvgIpc) is 3.14. The van der Waals surface area contributed by atoms with Crippen LogP contribution < -0.4 is 10.3 Å². The number of aromatic nitrogens is 2. The van der Waals surface area contributed by atoms with Crippen molar-refractivity contribution < 1.29 is 9.53 Å². The summed E-state index contributed by atoms with van der Waals surface area (Å²) in [4.78, 5) is 36.0. The smallest absolute Gasteiger partial charge is 0.267 e. The lowest BCUT2D eigenvalue weighted by Crippen LogP contribution is -2.48. The number of carbonyl (C=O) groups excluding carboxylic acids is 1. The quantitative estimate of drug-likeness (QED) is 0.274. The maximum atomic E-state index is 13.8. The molecule has 0 bridgehead atoms. The Hall–Kier alpha value is -2.32. The number of likely N-dealkylation sites (tertiary alicyclic amines) is 1. The molecule has 2 aromatic heterocycles. The fourth-order valence-corrected chi connectivity index (χ4v) is 7.17. The molecule has 0 N–H and O–H groups in total. The highest BCUT2D eigenvalue weighted by Crippen LogP contribution is 2.32. The minimum Gasteiger partial charge on any atom is -0.494 e. The van der Waals surface area contributed by atoms with Crippen LogP contribution in [-0.4, -0.2) is 44.8 Å². The van der Waals surface area contributed by atoms with Crippen LogP contribution in [0.3, 0.4) is 0 Å². The van der Waals surface area contributed by atoms with Gasteiger partial charge in [0.15, 0.2) is 5.16 Å². The first kappa shape index (κ1) is 25.8. The predicted octanol–water partition coefficient (Wildman–Crippen LogP) is 5.99. The molecular formula is C27H35N3O3S2. The summed E-state index contributed by atoms with van der Waals surface area (Å²) in [6.45, 7) is 10.9. The van der Waals surface area contributed by atoms with Crippen molar-refractivity contribution in [3.05, 3.63) is 45.1 Å². The highest BCUT2D eigenvalue weighted by molar-refractivity contribution is 7.99. The van der Waals surface area contributed by atoms with Gasteiger partial charge in [0.25, 0.3) is 5.56 Å². The molecule has 35 heavy (non-hydrogen) atoms. The largest absolute Gasteiger partial charge is 0.494 e. The molecule has 6 nitrogen and oxygen atoms in total. The van der Waals surface area contributed by atoms with Gasteiger partial charge in [-0.05, 0) is 83.2 Å². The Kier molecular flexibility index (Phi) is 8.22. The van der Waals surface area contributed by atoms with Gasteiger partial charge in [0.2, 0.25) is 5.91 Å². The number of fused-ring (bicyclic) bond motifs is 1. The summed E-state index contributed by atoms with van der Waals surface area (Å²) in [6, 6.07) is 7.99. The Morgan fingerprint density at radius 3 is 2.49 bits per heavy atom. The predicted molar refractivity (Wildman–Crippen MR) is 145 cm³/mol. The number of hydrogen-bond donors (Lipinski definition) is 0. The fraction of sp³-hybridized carbons (Fsp3) is 0.519. The van der Waals surface area contributed by atoms with Crippen LogP contribution >= 0.6 is 23.1 Å². The van der Waals surface area contributed by atoms with Crippen molar-refractivity contribution in [1.82, 2.24) is 14.5 Å². The zero-order valence-corrected chi connectivity index (χ0v) is 22.9. The van der Waals surface area contributed by atoms with E-state index in [1.807, 2.05) is 43.0 Å². The van der Waals surface area contributed by atoms with Crippen molar-refractivity contribution in [1.29, 1.82) is 0 Å². The van der Waals surface area contributed by atoms with E-state index in [9.17, 15) is 9.59 Å². The zero-order chi connectivity index (χ0) is 25.1. The lowest BCUT2D eigenvalue weighted by molar-refractivity contribution is -0.134. The molecular weight excluding hydrogens is 478 g/mol. The number of thiophene rings is 1. The summed E-state index contributed by atoms with van der Waals surface area (Å²) in [5, 5.41) is 1.24. The maximum absolute atomic E-state index is 13.8. The molecule has 3 aromatic rings. The summed E-state index contributed by atoms with van der Waals surface area (Å²) < 4.78 is 7.25. The fourth-order valence-electron chi connectivity index (χ4n) is 4.97. The molecule has 0 aliphatic carbocycles. The number of ether oxygens (including phenoxy) is 1. The number of hydrogen-bond acceptors (Lipinski definition) is 6. The Morgan fingerprint density at radius 2 is 1.86 bits per heavy atom. The number of nitrogens with zero attached hydrogens (tertiary/aromatic N) is 3. The van der Waals surface area contributed by atoms with Crippen molar-refractivity contribution in [3.8, 4) is 11.4 Å². The van der Waals surface area contributed by atoms with Crippen LogP contribution in [0.5, 0.6) is 5.75 Å². The van der Waals surface area contributed by atoms with E-state index in [0.717, 1.165) is 53.9 Å². The van der Waals surface area contributed by atoms with Crippen LogP contribution in [0.1, 0.15) is 63.8 Å². The Morgan fingerprint density at radius 1 is 1.17 bits per heavy atom. The van der Waals surface area contributed by atoms with Gasteiger partial charge in [-0.2, -0.15) is 0 Å². The van der Waals surface area contributed by atoms with Crippen molar-refractivity contribution in [2.24, 2.45) is 0 Å². The van der Waals surface area contributed by atoms with Crippen molar-refractivity contribution >= 4 is 39.2 Å². The maximum Gasteiger partial charge on any atom is 0.267 e. The number of amides is 1. The van der Waals surface area contributed by atoms with Crippen molar-refractivity contribution in [3.63, 3.8) is 0 Å². The van der Waals surface area contributed by atoms with Gasteiger partial charge in [-0.1, -0.05) is 25.1 Å². The third-order valence-corrected chi connectivity index (χ3v) is 8.89. The number of rotatable bonds is 8. The highest BCUT2D eigenvalue weighted by atomic mass is 32.2. The normalized spacial score (nSPS) is 18.3. The third-order valence-electron chi connectivity index (χ3n) is 6.72. The summed E-state index contributed by atoms with van der Waals surface area (Å²) in [7, 11) is 0. The van der Waals surface area contributed by atoms with Gasteiger partial charge in [-0.15, -0.1) is 11.3 Å². The van der Waals surface area contributed by atoms with Gasteiger partial charge >= 0.3 is 0 Å². The molecule has 1 aliphatic heterocycles. The minimum atomic E-state index is -0.0788. The standard InChI is InChI=1S/C27H35N3O3S2/c1-6-9-22-19(5)24-25(35-22)28-27(34-16-23(31)29-17(3)10-8-11-18(29)4)30(26(24)32)20-12-14-21(15-13-20)33-7-2/h12-15,17-18H,6-11,16H2,1-5H3/t17-,18-/m0/s1. The van der Waals surface area contributed by atoms with Crippen molar-refractivity contribution in [2.75, 3.05) is 12.4 Å². The van der Waals surface area contributed by atoms with Gasteiger partial charge in [0.1, 0.15) is 10.6 Å². The number of carbonyl (C=O) groups is 1. The SMILES string of the molecule is CCCc1sc2nc(SCC(=O)N3[C@@H](C)CCC[C@@H]3C)n(-c3ccc(OCC)cc3)c(=O)c2c1C. The Bertz CT molecular complexity index is 1240. The summed E-state index contributed by atoms with van der Waals surface area (Å²) in [6.07, 6.45) is 5.18. The van der Waals surface area contributed by atoms with E-state index in [4.69, 9.17) is 9.72 Å². The van der Waals surface area contributed by atoms with Gasteiger partial charge in [-0.3, -0.25) is 14.2 Å². The molecule has 1 amide bonds. The molecule has 4 rings (SSSR count). The van der Waals surface area contributed by atoms with E-state index in [-0.39, 0.29) is 29.3 Å². The van der Waals surface area contributed by atoms with Crippen LogP contribution in [0.25, 0.3) is 15.9 Å². The lowest BCUT2D eigenvalue weighted by Gasteiger charge is -2.39. The third kappa shape index (κ3) is 5.28. The monoisotopic (exact) mass is 513 g/mol. The molecule has 188 valence electrons. The van der Waals surface area contributed by atoms with Crippen LogP contribution in [0.4, 0.5) is 0 Å². The number of thioether (sulfide) groups is 1. The highest BCUT2D eigenvalue weighted by Gasteiger charge is 2.29. The second-order valence-corrected chi connectivity index (χ2v) is 11.3. The van der Waals surface area contributed by atoms with E-state index in [0.29, 0.717) is 17.1 Å². The first-order valence-corrected chi connectivity index (χ1v) is 14.4.